The fraction of sp³-hybridized carbons (Fsp3) is 0.467. The van der Waals surface area contributed by atoms with Gasteiger partial charge in [-0.25, -0.2) is 0 Å². The number of aromatic nitrogens is 2. The van der Waals surface area contributed by atoms with Gasteiger partial charge in [-0.1, -0.05) is 0 Å². The van der Waals surface area contributed by atoms with Crippen LogP contribution >= 0.6 is 15.9 Å². The van der Waals surface area contributed by atoms with E-state index in [-0.39, 0.29) is 6.61 Å². The summed E-state index contributed by atoms with van der Waals surface area (Å²) in [6.07, 6.45) is 7.98. The van der Waals surface area contributed by atoms with Gasteiger partial charge in [-0.3, -0.25) is 9.97 Å². The maximum Gasteiger partial charge on any atom is 0.112 e. The van der Waals surface area contributed by atoms with E-state index in [0.717, 1.165) is 34.9 Å². The highest BCUT2D eigenvalue weighted by Gasteiger charge is 2.25. The van der Waals surface area contributed by atoms with Crippen LogP contribution in [0.3, 0.4) is 0 Å². The van der Waals surface area contributed by atoms with Crippen LogP contribution < -0.4 is 4.90 Å². The number of nitrogens with zero attached hydrogens (tertiary/aromatic N) is 3. The molecule has 4 nitrogen and oxygen atoms in total. The SMILES string of the molecule is OCCCC1CCCN1c1ccnc2cc(Br)cnc12. The van der Waals surface area contributed by atoms with E-state index in [1.54, 1.807) is 0 Å². The number of hydrogen-bond donors (Lipinski definition) is 1. The van der Waals surface area contributed by atoms with Crippen molar-refractivity contribution >= 4 is 32.7 Å². The van der Waals surface area contributed by atoms with Gasteiger partial charge in [0, 0.05) is 36.1 Å². The van der Waals surface area contributed by atoms with Crippen molar-refractivity contribution in [3.05, 3.63) is 29.0 Å². The van der Waals surface area contributed by atoms with Crippen molar-refractivity contribution in [2.75, 3.05) is 18.1 Å². The Bertz CT molecular complexity index is 605. The van der Waals surface area contributed by atoms with Crippen molar-refractivity contribution in [1.29, 1.82) is 0 Å². The Hall–Kier alpha value is -1.20. The number of pyridine rings is 2. The lowest BCUT2D eigenvalue weighted by atomic mass is 10.1. The second kappa shape index (κ2) is 6.06. The molecule has 1 aliphatic heterocycles. The lowest BCUT2D eigenvalue weighted by Gasteiger charge is -2.27. The van der Waals surface area contributed by atoms with E-state index >= 15 is 0 Å². The van der Waals surface area contributed by atoms with Crippen LogP contribution in [0.25, 0.3) is 11.0 Å². The first-order valence-electron chi connectivity index (χ1n) is 7.07. The third-order valence-electron chi connectivity index (χ3n) is 3.90. The van der Waals surface area contributed by atoms with Gasteiger partial charge < -0.3 is 10.0 Å². The molecule has 3 rings (SSSR count). The van der Waals surface area contributed by atoms with Crippen LogP contribution in [0, 0.1) is 0 Å². The van der Waals surface area contributed by atoms with Crippen molar-refractivity contribution in [1.82, 2.24) is 9.97 Å². The summed E-state index contributed by atoms with van der Waals surface area (Å²) >= 11 is 3.44. The Labute approximate surface area is 127 Å². The maximum absolute atomic E-state index is 9.04. The summed E-state index contributed by atoms with van der Waals surface area (Å²) in [5.74, 6) is 0. The summed E-state index contributed by atoms with van der Waals surface area (Å²) in [7, 11) is 0. The monoisotopic (exact) mass is 335 g/mol. The van der Waals surface area contributed by atoms with E-state index < -0.39 is 0 Å². The molecule has 106 valence electrons. The second-order valence-electron chi connectivity index (χ2n) is 5.21. The van der Waals surface area contributed by atoms with E-state index in [2.05, 4.69) is 36.9 Å². The number of halogens is 1. The molecule has 5 heteroatoms. The normalized spacial score (nSPS) is 18.9. The largest absolute Gasteiger partial charge is 0.396 e. The number of anilines is 1. The number of fused-ring (bicyclic) bond motifs is 1. The molecule has 3 heterocycles. The third-order valence-corrected chi connectivity index (χ3v) is 4.34. The van der Waals surface area contributed by atoms with E-state index in [4.69, 9.17) is 5.11 Å². The predicted molar refractivity (Wildman–Crippen MR) is 83.9 cm³/mol. The van der Waals surface area contributed by atoms with Gasteiger partial charge in [0.05, 0.1) is 11.2 Å². The zero-order chi connectivity index (χ0) is 13.9. The number of hydrogen-bond acceptors (Lipinski definition) is 4. The second-order valence-corrected chi connectivity index (χ2v) is 6.12. The van der Waals surface area contributed by atoms with Crippen molar-refractivity contribution in [2.24, 2.45) is 0 Å². The minimum atomic E-state index is 0.270. The standard InChI is InChI=1S/C15H18BrN3O/c16-11-9-13-15(18-10-11)14(5-6-17-13)19-7-1-3-12(19)4-2-8-20/h5-6,9-10,12,20H,1-4,7-8H2. The molecule has 0 aliphatic carbocycles. The zero-order valence-electron chi connectivity index (χ0n) is 11.3. The molecule has 20 heavy (non-hydrogen) atoms. The lowest BCUT2D eigenvalue weighted by molar-refractivity contribution is 0.279. The first-order chi connectivity index (χ1) is 9.79. The minimum Gasteiger partial charge on any atom is -0.396 e. The van der Waals surface area contributed by atoms with Gasteiger partial charge in [-0.15, -0.1) is 0 Å². The summed E-state index contributed by atoms with van der Waals surface area (Å²) in [6.45, 7) is 1.33. The van der Waals surface area contributed by atoms with Gasteiger partial charge in [0.15, 0.2) is 0 Å². The Morgan fingerprint density at radius 3 is 3.15 bits per heavy atom. The van der Waals surface area contributed by atoms with E-state index in [9.17, 15) is 0 Å². The molecule has 0 bridgehead atoms. The predicted octanol–water partition coefficient (Wildman–Crippen LogP) is 3.13. The topological polar surface area (TPSA) is 49.2 Å². The Balaban J connectivity index is 1.96. The van der Waals surface area contributed by atoms with E-state index in [1.165, 1.54) is 18.5 Å². The first-order valence-corrected chi connectivity index (χ1v) is 7.86. The highest BCUT2D eigenvalue weighted by molar-refractivity contribution is 9.10. The highest BCUT2D eigenvalue weighted by atomic mass is 79.9. The summed E-state index contributed by atoms with van der Waals surface area (Å²) in [5, 5.41) is 9.04. The van der Waals surface area contributed by atoms with Crippen molar-refractivity contribution in [2.45, 2.75) is 31.7 Å². The van der Waals surface area contributed by atoms with Gasteiger partial charge in [-0.2, -0.15) is 0 Å². The number of aliphatic hydroxyl groups is 1. The minimum absolute atomic E-state index is 0.270. The lowest BCUT2D eigenvalue weighted by Crippen LogP contribution is -2.29. The van der Waals surface area contributed by atoms with E-state index in [1.807, 2.05) is 18.5 Å². The molecule has 0 radical (unpaired) electrons. The highest BCUT2D eigenvalue weighted by Crippen LogP contribution is 2.32. The smallest absolute Gasteiger partial charge is 0.112 e. The fourth-order valence-corrected chi connectivity index (χ4v) is 3.32. The molecule has 2 aromatic rings. The molecule has 0 saturated carbocycles. The van der Waals surface area contributed by atoms with Crippen molar-refractivity contribution in [3.63, 3.8) is 0 Å². The van der Waals surface area contributed by atoms with Crippen LogP contribution in [0.4, 0.5) is 5.69 Å². The van der Waals surface area contributed by atoms with E-state index in [0.29, 0.717) is 6.04 Å². The average Bonchev–Trinajstić information content (AvgIpc) is 2.92. The fourth-order valence-electron chi connectivity index (χ4n) is 3.00. The summed E-state index contributed by atoms with van der Waals surface area (Å²) < 4.78 is 0.952. The molecule has 0 amide bonds. The third kappa shape index (κ3) is 2.65. The quantitative estimate of drug-likeness (QED) is 0.932. The molecular weight excluding hydrogens is 318 g/mol. The van der Waals surface area contributed by atoms with Crippen LogP contribution in [-0.4, -0.2) is 34.3 Å². The van der Waals surface area contributed by atoms with Crippen LogP contribution in [0.15, 0.2) is 29.0 Å². The average molecular weight is 336 g/mol. The molecule has 1 atom stereocenters. The van der Waals surface area contributed by atoms with Crippen molar-refractivity contribution in [3.8, 4) is 0 Å². The molecular formula is C15H18BrN3O. The molecule has 2 aromatic heterocycles. The molecule has 1 fully saturated rings. The summed E-state index contributed by atoms with van der Waals surface area (Å²) in [4.78, 5) is 11.4. The number of aliphatic hydroxyl groups excluding tert-OH is 1. The Kier molecular flexibility index (Phi) is 4.17. The van der Waals surface area contributed by atoms with Crippen LogP contribution in [0.5, 0.6) is 0 Å². The Morgan fingerprint density at radius 2 is 2.30 bits per heavy atom. The zero-order valence-corrected chi connectivity index (χ0v) is 12.9. The summed E-state index contributed by atoms with van der Waals surface area (Å²) in [5.41, 5.74) is 3.05. The van der Waals surface area contributed by atoms with Gasteiger partial charge in [0.2, 0.25) is 0 Å². The molecule has 1 N–H and O–H groups in total. The van der Waals surface area contributed by atoms with Crippen LogP contribution in [0.2, 0.25) is 0 Å². The van der Waals surface area contributed by atoms with Crippen molar-refractivity contribution < 1.29 is 5.11 Å². The first kappa shape index (κ1) is 13.8. The van der Waals surface area contributed by atoms with Gasteiger partial charge in [-0.05, 0) is 53.7 Å². The van der Waals surface area contributed by atoms with Crippen LogP contribution in [-0.2, 0) is 0 Å². The molecule has 0 spiro atoms. The maximum atomic E-state index is 9.04. The number of rotatable bonds is 4. The molecule has 1 unspecified atom stereocenters. The molecule has 1 aliphatic rings. The molecule has 0 aromatic carbocycles. The van der Waals surface area contributed by atoms with Gasteiger partial charge >= 0.3 is 0 Å². The van der Waals surface area contributed by atoms with Gasteiger partial charge in [0.1, 0.15) is 5.52 Å². The Morgan fingerprint density at radius 1 is 1.40 bits per heavy atom. The molecule has 1 saturated heterocycles. The van der Waals surface area contributed by atoms with Gasteiger partial charge in [0.25, 0.3) is 0 Å². The summed E-state index contributed by atoms with van der Waals surface area (Å²) in [6, 6.07) is 4.57. The van der Waals surface area contributed by atoms with Crippen LogP contribution in [0.1, 0.15) is 25.7 Å².